The maximum absolute atomic E-state index is 3.81. The molecule has 0 amide bonds. The monoisotopic (exact) mass is 337 g/mol. The van der Waals surface area contributed by atoms with Crippen LogP contribution in [-0.2, 0) is 0 Å². The summed E-state index contributed by atoms with van der Waals surface area (Å²) in [6, 6.07) is 7.38. The largest absolute Gasteiger partial charge is 0.310 e. The van der Waals surface area contributed by atoms with Crippen molar-refractivity contribution in [3.05, 3.63) is 33.8 Å². The lowest BCUT2D eigenvalue weighted by molar-refractivity contribution is 0.223. The van der Waals surface area contributed by atoms with Gasteiger partial charge >= 0.3 is 0 Å². The van der Waals surface area contributed by atoms with Crippen LogP contribution >= 0.6 is 15.9 Å². The number of benzene rings is 1. The molecule has 1 aliphatic rings. The summed E-state index contributed by atoms with van der Waals surface area (Å²) < 4.78 is 1.21. The molecule has 3 unspecified atom stereocenters. The smallest absolute Gasteiger partial charge is 0.0349 e. The van der Waals surface area contributed by atoms with E-state index in [1.165, 1.54) is 47.7 Å². The molecule has 1 aromatic carbocycles. The highest BCUT2D eigenvalue weighted by atomic mass is 79.9. The van der Waals surface area contributed by atoms with Crippen molar-refractivity contribution in [2.45, 2.75) is 58.9 Å². The van der Waals surface area contributed by atoms with Gasteiger partial charge in [0.2, 0.25) is 0 Å². The average Bonchev–Trinajstić information content (AvgIpc) is 2.38. The molecule has 2 rings (SSSR count). The van der Waals surface area contributed by atoms with Crippen LogP contribution in [0.5, 0.6) is 0 Å². The lowest BCUT2D eigenvalue weighted by Crippen LogP contribution is -2.32. The van der Waals surface area contributed by atoms with Gasteiger partial charge in [-0.2, -0.15) is 0 Å². The van der Waals surface area contributed by atoms with Crippen molar-refractivity contribution in [3.8, 4) is 0 Å². The van der Waals surface area contributed by atoms with Gasteiger partial charge < -0.3 is 5.32 Å². The van der Waals surface area contributed by atoms with Crippen molar-refractivity contribution in [2.24, 2.45) is 11.8 Å². The molecule has 1 aromatic rings. The van der Waals surface area contributed by atoms with Crippen molar-refractivity contribution in [2.75, 3.05) is 6.54 Å². The van der Waals surface area contributed by atoms with E-state index in [1.54, 1.807) is 0 Å². The van der Waals surface area contributed by atoms with E-state index in [4.69, 9.17) is 0 Å². The SMILES string of the molecule is CCCNC(c1cc(C)cc(Br)c1)C1CCCC(C)C1. The highest BCUT2D eigenvalue weighted by Gasteiger charge is 2.27. The van der Waals surface area contributed by atoms with Gasteiger partial charge in [0.25, 0.3) is 0 Å². The summed E-state index contributed by atoms with van der Waals surface area (Å²) in [5.74, 6) is 1.67. The van der Waals surface area contributed by atoms with Crippen molar-refractivity contribution >= 4 is 15.9 Å². The Labute approximate surface area is 132 Å². The molecule has 0 bridgehead atoms. The van der Waals surface area contributed by atoms with Crippen LogP contribution in [0.1, 0.15) is 63.1 Å². The molecule has 1 N–H and O–H groups in total. The maximum atomic E-state index is 3.81. The standard InChI is InChI=1S/C18H28BrN/c1-4-8-20-18(15-7-5-6-13(2)9-15)16-10-14(3)11-17(19)12-16/h10-13,15,18,20H,4-9H2,1-3H3. The number of aryl methyl sites for hydroxylation is 1. The van der Waals surface area contributed by atoms with E-state index in [1.807, 2.05) is 0 Å². The number of nitrogens with one attached hydrogen (secondary N) is 1. The first kappa shape index (κ1) is 16.0. The Balaban J connectivity index is 2.21. The van der Waals surface area contributed by atoms with Gasteiger partial charge in [-0.15, -0.1) is 0 Å². The zero-order chi connectivity index (χ0) is 14.5. The first-order valence-electron chi connectivity index (χ1n) is 8.10. The Morgan fingerprint density at radius 1 is 1.30 bits per heavy atom. The van der Waals surface area contributed by atoms with Gasteiger partial charge in [0, 0.05) is 10.5 Å². The molecule has 20 heavy (non-hydrogen) atoms. The van der Waals surface area contributed by atoms with Crippen molar-refractivity contribution in [1.29, 1.82) is 0 Å². The quantitative estimate of drug-likeness (QED) is 0.734. The second-order valence-electron chi connectivity index (χ2n) is 6.53. The minimum absolute atomic E-state index is 0.522. The Hall–Kier alpha value is -0.340. The maximum Gasteiger partial charge on any atom is 0.0349 e. The van der Waals surface area contributed by atoms with Gasteiger partial charge in [0.05, 0.1) is 0 Å². The summed E-state index contributed by atoms with van der Waals surface area (Å²) in [5.41, 5.74) is 2.81. The third kappa shape index (κ3) is 4.33. The van der Waals surface area contributed by atoms with Gasteiger partial charge in [-0.25, -0.2) is 0 Å². The predicted octanol–water partition coefficient (Wildman–Crippen LogP) is 5.62. The molecule has 112 valence electrons. The topological polar surface area (TPSA) is 12.0 Å². The molecular formula is C18H28BrN. The van der Waals surface area contributed by atoms with Crippen LogP contribution in [0.25, 0.3) is 0 Å². The van der Waals surface area contributed by atoms with Gasteiger partial charge in [-0.1, -0.05) is 48.7 Å². The summed E-state index contributed by atoms with van der Waals surface area (Å²) in [6.07, 6.45) is 6.74. The summed E-state index contributed by atoms with van der Waals surface area (Å²) in [5, 5.41) is 3.81. The fourth-order valence-corrected chi connectivity index (χ4v) is 4.21. The summed E-state index contributed by atoms with van der Waals surface area (Å²) in [7, 11) is 0. The van der Waals surface area contributed by atoms with E-state index in [2.05, 4.69) is 60.2 Å². The lowest BCUT2D eigenvalue weighted by Gasteiger charge is -2.34. The Kier molecular flexibility index (Phi) is 6.10. The first-order chi connectivity index (χ1) is 9.60. The lowest BCUT2D eigenvalue weighted by atomic mass is 9.76. The third-order valence-electron chi connectivity index (χ3n) is 4.49. The van der Waals surface area contributed by atoms with E-state index in [0.717, 1.165) is 18.4 Å². The second-order valence-corrected chi connectivity index (χ2v) is 7.44. The van der Waals surface area contributed by atoms with Gasteiger partial charge in [0.15, 0.2) is 0 Å². The van der Waals surface area contributed by atoms with Gasteiger partial charge in [-0.05, 0) is 67.8 Å². The van der Waals surface area contributed by atoms with Crippen LogP contribution in [0.2, 0.25) is 0 Å². The molecule has 1 fully saturated rings. The number of halogens is 1. The Morgan fingerprint density at radius 2 is 2.10 bits per heavy atom. The molecule has 0 aromatic heterocycles. The molecule has 1 nitrogen and oxygen atoms in total. The Morgan fingerprint density at radius 3 is 2.75 bits per heavy atom. The summed E-state index contributed by atoms with van der Waals surface area (Å²) >= 11 is 3.66. The van der Waals surface area contributed by atoms with E-state index < -0.39 is 0 Å². The predicted molar refractivity (Wildman–Crippen MR) is 91.0 cm³/mol. The van der Waals surface area contributed by atoms with E-state index in [0.29, 0.717) is 6.04 Å². The Bertz CT molecular complexity index is 409. The molecular weight excluding hydrogens is 310 g/mol. The van der Waals surface area contributed by atoms with Crippen LogP contribution in [-0.4, -0.2) is 6.54 Å². The fraction of sp³-hybridized carbons (Fsp3) is 0.667. The van der Waals surface area contributed by atoms with E-state index in [9.17, 15) is 0 Å². The third-order valence-corrected chi connectivity index (χ3v) is 4.94. The molecule has 1 saturated carbocycles. The molecule has 1 aliphatic carbocycles. The molecule has 0 saturated heterocycles. The molecule has 0 radical (unpaired) electrons. The molecule has 2 heteroatoms. The van der Waals surface area contributed by atoms with Crippen LogP contribution in [0, 0.1) is 18.8 Å². The number of hydrogen-bond donors (Lipinski definition) is 1. The normalized spacial score (nSPS) is 24.6. The summed E-state index contributed by atoms with van der Waals surface area (Å²) in [4.78, 5) is 0. The number of hydrogen-bond acceptors (Lipinski definition) is 1. The van der Waals surface area contributed by atoms with Gasteiger partial charge in [-0.3, -0.25) is 0 Å². The highest BCUT2D eigenvalue weighted by Crippen LogP contribution is 2.38. The van der Waals surface area contributed by atoms with Crippen molar-refractivity contribution < 1.29 is 0 Å². The van der Waals surface area contributed by atoms with Crippen LogP contribution in [0.15, 0.2) is 22.7 Å². The van der Waals surface area contributed by atoms with Crippen LogP contribution < -0.4 is 5.32 Å². The minimum Gasteiger partial charge on any atom is -0.310 e. The zero-order valence-electron chi connectivity index (χ0n) is 13.1. The fourth-order valence-electron chi connectivity index (χ4n) is 3.58. The molecule has 0 spiro atoms. The average molecular weight is 338 g/mol. The number of rotatable bonds is 5. The first-order valence-corrected chi connectivity index (χ1v) is 8.90. The van der Waals surface area contributed by atoms with E-state index in [-0.39, 0.29) is 0 Å². The van der Waals surface area contributed by atoms with Crippen molar-refractivity contribution in [3.63, 3.8) is 0 Å². The van der Waals surface area contributed by atoms with Gasteiger partial charge in [0.1, 0.15) is 0 Å². The zero-order valence-corrected chi connectivity index (χ0v) is 14.7. The second kappa shape index (κ2) is 7.61. The van der Waals surface area contributed by atoms with Crippen LogP contribution in [0.3, 0.4) is 0 Å². The summed E-state index contributed by atoms with van der Waals surface area (Å²) in [6.45, 7) is 7.96. The van der Waals surface area contributed by atoms with Crippen LogP contribution in [0.4, 0.5) is 0 Å². The van der Waals surface area contributed by atoms with Crippen molar-refractivity contribution in [1.82, 2.24) is 5.32 Å². The minimum atomic E-state index is 0.522. The highest BCUT2D eigenvalue weighted by molar-refractivity contribution is 9.10. The van der Waals surface area contributed by atoms with E-state index >= 15 is 0 Å². The molecule has 3 atom stereocenters. The molecule has 0 aliphatic heterocycles. The molecule has 0 heterocycles.